The average Bonchev–Trinajstić information content (AvgIpc) is 3.47. The Balaban J connectivity index is 1.49. The smallest absolute Gasteiger partial charge is 0.161 e. The first-order valence-corrected chi connectivity index (χ1v) is 14.1. The van der Waals surface area contributed by atoms with Crippen LogP contribution in [0.25, 0.3) is 34.3 Å². The van der Waals surface area contributed by atoms with E-state index in [0.717, 1.165) is 59.9 Å². The highest BCUT2D eigenvalue weighted by Crippen LogP contribution is 2.33. The van der Waals surface area contributed by atoms with Gasteiger partial charge in [0.15, 0.2) is 23.1 Å². The molecule has 1 fully saturated rings. The summed E-state index contributed by atoms with van der Waals surface area (Å²) >= 11 is 0. The molecule has 4 aromatic rings. The molecule has 1 unspecified atom stereocenters. The molecule has 0 N–H and O–H groups in total. The second kappa shape index (κ2) is 13.1. The third-order valence-corrected chi connectivity index (χ3v) is 7.18. The van der Waals surface area contributed by atoms with Crippen LogP contribution in [0.4, 0.5) is 11.6 Å². The van der Waals surface area contributed by atoms with E-state index in [1.54, 1.807) is 14.2 Å². The number of hydrogen-bond acceptors (Lipinski definition) is 10. The Labute approximate surface area is 247 Å². The Morgan fingerprint density at radius 3 is 2.38 bits per heavy atom. The van der Waals surface area contributed by atoms with E-state index in [1.165, 1.54) is 0 Å². The van der Waals surface area contributed by atoms with Crippen molar-refractivity contribution in [2.75, 3.05) is 78.5 Å². The van der Waals surface area contributed by atoms with Crippen LogP contribution in [0.2, 0.25) is 0 Å². The number of rotatable bonds is 11. The molecule has 2 aromatic carbocycles. The molecular weight excluding hydrogens is 530 g/mol. The van der Waals surface area contributed by atoms with Crippen LogP contribution in [0, 0.1) is 0 Å². The van der Waals surface area contributed by atoms with Gasteiger partial charge in [-0.05, 0) is 63.0 Å². The van der Waals surface area contributed by atoms with Gasteiger partial charge in [-0.15, -0.1) is 0 Å². The fraction of sp³-hybridized carbons (Fsp3) is 0.375. The van der Waals surface area contributed by atoms with Crippen LogP contribution in [-0.4, -0.2) is 99.6 Å². The third kappa shape index (κ3) is 6.78. The number of nitrogens with zero attached hydrogens (tertiary/aromatic N) is 7. The van der Waals surface area contributed by atoms with Crippen molar-refractivity contribution in [1.29, 1.82) is 0 Å². The summed E-state index contributed by atoms with van der Waals surface area (Å²) in [6.07, 6.45) is 4.86. The lowest BCUT2D eigenvalue weighted by molar-refractivity contribution is 0.0581. The Morgan fingerprint density at radius 1 is 0.881 bits per heavy atom. The number of benzene rings is 2. The molecule has 1 saturated heterocycles. The third-order valence-electron chi connectivity index (χ3n) is 7.18. The minimum atomic E-state index is 0.166. The first kappa shape index (κ1) is 29.2. The topological polar surface area (TPSA) is 89.0 Å². The Bertz CT molecular complexity index is 1560. The standard InChI is InChI=1S/C32H39N7O3/c1-37(2)17-18-42-23-15-16-39(21-23)31-20-26(22-11-12-27(40-5)28(19-22)41-6)34-29(35-31)13-14-30-33-25-10-8-7-9-24(25)32(36-30)38(3)4/h7-14,19-20,23H,15-18,21H2,1-6H3/b14-13+. The fourth-order valence-electron chi connectivity index (χ4n) is 4.95. The second-order valence-corrected chi connectivity index (χ2v) is 10.7. The molecule has 5 rings (SSSR count). The van der Waals surface area contributed by atoms with Gasteiger partial charge in [-0.1, -0.05) is 12.1 Å². The quantitative estimate of drug-likeness (QED) is 0.257. The first-order valence-electron chi connectivity index (χ1n) is 14.1. The summed E-state index contributed by atoms with van der Waals surface area (Å²) in [5, 5.41) is 1.00. The van der Waals surface area contributed by atoms with Crippen molar-refractivity contribution in [1.82, 2.24) is 24.8 Å². The lowest BCUT2D eigenvalue weighted by Gasteiger charge is -2.19. The highest BCUT2D eigenvalue weighted by molar-refractivity contribution is 5.90. The Morgan fingerprint density at radius 2 is 1.64 bits per heavy atom. The molecule has 3 heterocycles. The van der Waals surface area contributed by atoms with Crippen molar-refractivity contribution in [2.24, 2.45) is 0 Å². The van der Waals surface area contributed by atoms with Crippen LogP contribution in [-0.2, 0) is 4.74 Å². The SMILES string of the molecule is COc1ccc(-c2cc(N3CCC(OCCN(C)C)C3)nc(/C=C/c3nc(N(C)C)c4ccccc4n3)n2)cc1OC. The van der Waals surface area contributed by atoms with Crippen LogP contribution in [0.5, 0.6) is 11.5 Å². The van der Waals surface area contributed by atoms with E-state index in [4.69, 9.17) is 34.1 Å². The Kier molecular flexibility index (Phi) is 9.14. The van der Waals surface area contributed by atoms with Crippen molar-refractivity contribution in [3.8, 4) is 22.8 Å². The van der Waals surface area contributed by atoms with E-state index in [2.05, 4.69) is 23.9 Å². The molecule has 10 heteroatoms. The lowest BCUT2D eigenvalue weighted by Crippen LogP contribution is -2.26. The number of hydrogen-bond donors (Lipinski definition) is 0. The minimum absolute atomic E-state index is 0.166. The first-order chi connectivity index (χ1) is 20.3. The molecule has 0 bridgehead atoms. The van der Waals surface area contributed by atoms with Crippen molar-refractivity contribution in [2.45, 2.75) is 12.5 Å². The number of methoxy groups -OCH3 is 2. The molecular formula is C32H39N7O3. The number of likely N-dealkylation sites (N-methyl/N-ethyl adjacent to an activating group) is 1. The van der Waals surface area contributed by atoms with E-state index in [9.17, 15) is 0 Å². The van der Waals surface area contributed by atoms with Crippen LogP contribution in [0.3, 0.4) is 0 Å². The highest BCUT2D eigenvalue weighted by atomic mass is 16.5. The normalized spacial score (nSPS) is 15.2. The zero-order valence-electron chi connectivity index (χ0n) is 25.2. The molecule has 10 nitrogen and oxygen atoms in total. The molecule has 0 spiro atoms. The molecule has 0 radical (unpaired) electrons. The summed E-state index contributed by atoms with van der Waals surface area (Å²) in [4.78, 5) is 25.8. The Hall–Kier alpha value is -4.28. The van der Waals surface area contributed by atoms with E-state index < -0.39 is 0 Å². The van der Waals surface area contributed by atoms with Crippen molar-refractivity contribution in [3.05, 3.63) is 60.2 Å². The molecule has 2 aromatic heterocycles. The van der Waals surface area contributed by atoms with Crippen LogP contribution in [0.1, 0.15) is 18.1 Å². The fourth-order valence-corrected chi connectivity index (χ4v) is 4.95. The summed E-state index contributed by atoms with van der Waals surface area (Å²) in [6, 6.07) is 15.8. The monoisotopic (exact) mass is 569 g/mol. The van der Waals surface area contributed by atoms with Gasteiger partial charge in [-0.2, -0.15) is 0 Å². The zero-order valence-corrected chi connectivity index (χ0v) is 25.2. The number of fused-ring (bicyclic) bond motifs is 1. The summed E-state index contributed by atoms with van der Waals surface area (Å²) in [6.45, 7) is 3.24. The summed E-state index contributed by atoms with van der Waals surface area (Å²) in [7, 11) is 11.3. The maximum atomic E-state index is 6.15. The zero-order chi connectivity index (χ0) is 29.6. The molecule has 0 aliphatic carbocycles. The van der Waals surface area contributed by atoms with Crippen LogP contribution >= 0.6 is 0 Å². The van der Waals surface area contributed by atoms with Gasteiger partial charge in [0.2, 0.25) is 0 Å². The largest absolute Gasteiger partial charge is 0.493 e. The van der Waals surface area contributed by atoms with Crippen molar-refractivity contribution >= 4 is 34.7 Å². The number of ether oxygens (including phenoxy) is 3. The molecule has 0 saturated carbocycles. The van der Waals surface area contributed by atoms with Gasteiger partial charge in [0, 0.05) is 50.7 Å². The van der Waals surface area contributed by atoms with Gasteiger partial charge in [-0.25, -0.2) is 19.9 Å². The predicted molar refractivity (Wildman–Crippen MR) is 168 cm³/mol. The molecule has 1 aliphatic heterocycles. The summed E-state index contributed by atoms with van der Waals surface area (Å²) < 4.78 is 17.2. The number of para-hydroxylation sites is 1. The summed E-state index contributed by atoms with van der Waals surface area (Å²) in [5.74, 6) is 4.17. The molecule has 1 aliphatic rings. The van der Waals surface area contributed by atoms with Gasteiger partial charge in [0.05, 0.1) is 38.1 Å². The molecule has 42 heavy (non-hydrogen) atoms. The van der Waals surface area contributed by atoms with E-state index >= 15 is 0 Å². The molecule has 1 atom stereocenters. The maximum Gasteiger partial charge on any atom is 0.161 e. The minimum Gasteiger partial charge on any atom is -0.493 e. The number of aromatic nitrogens is 4. The molecule has 0 amide bonds. The predicted octanol–water partition coefficient (Wildman–Crippen LogP) is 4.50. The van der Waals surface area contributed by atoms with Gasteiger partial charge in [0.1, 0.15) is 11.6 Å². The highest BCUT2D eigenvalue weighted by Gasteiger charge is 2.25. The number of anilines is 2. The van der Waals surface area contributed by atoms with Crippen LogP contribution < -0.4 is 19.3 Å². The second-order valence-electron chi connectivity index (χ2n) is 10.7. The van der Waals surface area contributed by atoms with Gasteiger partial charge < -0.3 is 28.9 Å². The van der Waals surface area contributed by atoms with E-state index in [1.807, 2.05) is 79.7 Å². The van der Waals surface area contributed by atoms with E-state index in [0.29, 0.717) is 29.8 Å². The maximum absolute atomic E-state index is 6.15. The van der Waals surface area contributed by atoms with Crippen LogP contribution in [0.15, 0.2) is 48.5 Å². The molecule has 220 valence electrons. The van der Waals surface area contributed by atoms with E-state index in [-0.39, 0.29) is 6.10 Å². The lowest BCUT2D eigenvalue weighted by atomic mass is 10.1. The van der Waals surface area contributed by atoms with Crippen molar-refractivity contribution < 1.29 is 14.2 Å². The average molecular weight is 570 g/mol. The van der Waals surface area contributed by atoms with Gasteiger partial charge >= 0.3 is 0 Å². The summed E-state index contributed by atoms with van der Waals surface area (Å²) in [5.41, 5.74) is 2.57. The van der Waals surface area contributed by atoms with Gasteiger partial charge in [0.25, 0.3) is 0 Å². The van der Waals surface area contributed by atoms with Gasteiger partial charge in [-0.3, -0.25) is 0 Å². The van der Waals surface area contributed by atoms with Crippen molar-refractivity contribution in [3.63, 3.8) is 0 Å².